The van der Waals surface area contributed by atoms with E-state index < -0.39 is 0 Å². The summed E-state index contributed by atoms with van der Waals surface area (Å²) < 4.78 is 10.6. The lowest BCUT2D eigenvalue weighted by Crippen LogP contribution is -1.99. The Hall–Kier alpha value is -2.03. The van der Waals surface area contributed by atoms with Crippen LogP contribution in [0.4, 0.5) is 0 Å². The zero-order valence-corrected chi connectivity index (χ0v) is 9.01. The van der Waals surface area contributed by atoms with Gasteiger partial charge in [-0.1, -0.05) is 18.2 Å². The quantitative estimate of drug-likeness (QED) is 0.783. The van der Waals surface area contributed by atoms with Gasteiger partial charge in [0.25, 0.3) is 0 Å². The SMILES string of the molecule is COc1cccc(COc2cc[c]cc2)n1. The highest BCUT2D eigenvalue weighted by Gasteiger charge is 1.98. The van der Waals surface area contributed by atoms with E-state index in [9.17, 15) is 0 Å². The molecule has 16 heavy (non-hydrogen) atoms. The van der Waals surface area contributed by atoms with E-state index in [1.165, 1.54) is 0 Å². The number of benzene rings is 1. The molecule has 3 nitrogen and oxygen atoms in total. The fourth-order valence-electron chi connectivity index (χ4n) is 1.28. The third-order valence-corrected chi connectivity index (χ3v) is 2.06. The van der Waals surface area contributed by atoms with Crippen LogP contribution in [0.5, 0.6) is 11.6 Å². The van der Waals surface area contributed by atoms with Gasteiger partial charge in [-0.15, -0.1) is 0 Å². The van der Waals surface area contributed by atoms with E-state index >= 15 is 0 Å². The topological polar surface area (TPSA) is 31.4 Å². The molecule has 0 saturated carbocycles. The van der Waals surface area contributed by atoms with Gasteiger partial charge in [0.1, 0.15) is 12.4 Å². The van der Waals surface area contributed by atoms with Crippen LogP contribution in [0.3, 0.4) is 0 Å². The zero-order chi connectivity index (χ0) is 11.2. The summed E-state index contributed by atoms with van der Waals surface area (Å²) in [4.78, 5) is 4.25. The van der Waals surface area contributed by atoms with Crippen molar-refractivity contribution in [1.82, 2.24) is 4.98 Å². The van der Waals surface area contributed by atoms with Gasteiger partial charge in [0.05, 0.1) is 12.8 Å². The first-order valence-corrected chi connectivity index (χ1v) is 4.97. The van der Waals surface area contributed by atoms with Crippen molar-refractivity contribution in [3.8, 4) is 11.6 Å². The lowest BCUT2D eigenvalue weighted by Gasteiger charge is -2.06. The van der Waals surface area contributed by atoms with E-state index in [0.29, 0.717) is 12.5 Å². The normalized spacial score (nSPS) is 9.81. The third kappa shape index (κ3) is 2.73. The molecule has 0 fully saturated rings. The fourth-order valence-corrected chi connectivity index (χ4v) is 1.28. The molecule has 0 saturated heterocycles. The van der Waals surface area contributed by atoms with Crippen LogP contribution in [0.1, 0.15) is 5.69 Å². The minimum absolute atomic E-state index is 0.432. The molecule has 0 bridgehead atoms. The molecule has 0 aliphatic carbocycles. The van der Waals surface area contributed by atoms with Gasteiger partial charge in [-0.3, -0.25) is 0 Å². The van der Waals surface area contributed by atoms with Crippen LogP contribution >= 0.6 is 0 Å². The Morgan fingerprint density at radius 1 is 1.19 bits per heavy atom. The van der Waals surface area contributed by atoms with E-state index in [2.05, 4.69) is 11.1 Å². The highest BCUT2D eigenvalue weighted by atomic mass is 16.5. The highest BCUT2D eigenvalue weighted by Crippen LogP contribution is 2.12. The lowest BCUT2D eigenvalue weighted by atomic mass is 10.3. The number of hydrogen-bond donors (Lipinski definition) is 0. The summed E-state index contributed by atoms with van der Waals surface area (Å²) in [7, 11) is 1.60. The summed E-state index contributed by atoms with van der Waals surface area (Å²) in [6.07, 6.45) is 0. The van der Waals surface area contributed by atoms with E-state index in [1.54, 1.807) is 13.2 Å². The third-order valence-electron chi connectivity index (χ3n) is 2.06. The minimum atomic E-state index is 0.432. The first-order chi connectivity index (χ1) is 7.88. The first kappa shape index (κ1) is 10.5. The molecule has 3 heteroatoms. The number of aromatic nitrogens is 1. The number of hydrogen-bond acceptors (Lipinski definition) is 3. The van der Waals surface area contributed by atoms with E-state index in [4.69, 9.17) is 9.47 Å². The summed E-state index contributed by atoms with van der Waals surface area (Å²) in [6, 6.07) is 15.9. The van der Waals surface area contributed by atoms with Crippen LogP contribution in [0.2, 0.25) is 0 Å². The monoisotopic (exact) mass is 214 g/mol. The van der Waals surface area contributed by atoms with E-state index in [1.807, 2.05) is 36.4 Å². The van der Waals surface area contributed by atoms with Crippen molar-refractivity contribution in [2.45, 2.75) is 6.61 Å². The molecule has 2 aromatic rings. The molecule has 0 spiro atoms. The molecule has 2 rings (SSSR count). The Morgan fingerprint density at radius 2 is 2.00 bits per heavy atom. The van der Waals surface area contributed by atoms with Crippen molar-refractivity contribution >= 4 is 0 Å². The molecule has 1 aromatic carbocycles. The van der Waals surface area contributed by atoms with Gasteiger partial charge < -0.3 is 9.47 Å². The van der Waals surface area contributed by atoms with Crippen LogP contribution in [-0.2, 0) is 6.61 Å². The molecular weight excluding hydrogens is 202 g/mol. The highest BCUT2D eigenvalue weighted by molar-refractivity contribution is 5.21. The van der Waals surface area contributed by atoms with Crippen LogP contribution in [0.25, 0.3) is 0 Å². The Bertz CT molecular complexity index is 443. The van der Waals surface area contributed by atoms with E-state index in [-0.39, 0.29) is 0 Å². The molecule has 1 aromatic heterocycles. The number of methoxy groups -OCH3 is 1. The van der Waals surface area contributed by atoms with Crippen molar-refractivity contribution in [3.05, 3.63) is 54.2 Å². The van der Waals surface area contributed by atoms with Gasteiger partial charge in [0.15, 0.2) is 0 Å². The second-order valence-corrected chi connectivity index (χ2v) is 3.20. The van der Waals surface area contributed by atoms with Crippen molar-refractivity contribution in [3.63, 3.8) is 0 Å². The van der Waals surface area contributed by atoms with Gasteiger partial charge in [-0.2, -0.15) is 0 Å². The standard InChI is InChI=1S/C13H12NO2/c1-15-13-9-5-6-11(14-13)10-16-12-7-3-2-4-8-12/h3-9H,10H2,1H3. The van der Waals surface area contributed by atoms with Crippen LogP contribution in [0, 0.1) is 6.07 Å². The molecule has 0 aliphatic heterocycles. The second-order valence-electron chi connectivity index (χ2n) is 3.20. The Balaban J connectivity index is 1.99. The maximum atomic E-state index is 5.55. The van der Waals surface area contributed by atoms with Gasteiger partial charge >= 0.3 is 0 Å². The number of rotatable bonds is 4. The summed E-state index contributed by atoms with van der Waals surface area (Å²) in [6.45, 7) is 0.432. The molecule has 1 heterocycles. The van der Waals surface area contributed by atoms with Crippen molar-refractivity contribution in [1.29, 1.82) is 0 Å². The van der Waals surface area contributed by atoms with E-state index in [0.717, 1.165) is 11.4 Å². The maximum Gasteiger partial charge on any atom is 0.213 e. The Kier molecular flexibility index (Phi) is 3.38. The lowest BCUT2D eigenvalue weighted by molar-refractivity contribution is 0.298. The largest absolute Gasteiger partial charge is 0.487 e. The van der Waals surface area contributed by atoms with Crippen molar-refractivity contribution in [2.24, 2.45) is 0 Å². The van der Waals surface area contributed by atoms with Gasteiger partial charge in [-0.05, 0) is 24.3 Å². The first-order valence-electron chi connectivity index (χ1n) is 4.97. The predicted octanol–water partition coefficient (Wildman–Crippen LogP) is 2.47. The summed E-state index contributed by atoms with van der Waals surface area (Å²) >= 11 is 0. The molecule has 81 valence electrons. The molecule has 0 N–H and O–H groups in total. The molecule has 0 amide bonds. The summed E-state index contributed by atoms with van der Waals surface area (Å²) in [5.74, 6) is 1.41. The molecular formula is C13H12NO2. The minimum Gasteiger partial charge on any atom is -0.487 e. The summed E-state index contributed by atoms with van der Waals surface area (Å²) in [5.41, 5.74) is 0.840. The summed E-state index contributed by atoms with van der Waals surface area (Å²) in [5, 5.41) is 0. The van der Waals surface area contributed by atoms with Crippen LogP contribution < -0.4 is 9.47 Å². The Morgan fingerprint density at radius 3 is 2.75 bits per heavy atom. The molecule has 0 unspecified atom stereocenters. The number of nitrogens with zero attached hydrogens (tertiary/aromatic N) is 1. The smallest absolute Gasteiger partial charge is 0.213 e. The van der Waals surface area contributed by atoms with Gasteiger partial charge in [0.2, 0.25) is 5.88 Å². The molecule has 0 aliphatic rings. The molecule has 0 atom stereocenters. The van der Waals surface area contributed by atoms with Gasteiger partial charge in [-0.25, -0.2) is 4.98 Å². The van der Waals surface area contributed by atoms with Crippen LogP contribution in [0.15, 0.2) is 42.5 Å². The number of ether oxygens (including phenoxy) is 2. The average Bonchev–Trinajstić information content (AvgIpc) is 2.38. The van der Waals surface area contributed by atoms with Gasteiger partial charge in [0, 0.05) is 6.07 Å². The predicted molar refractivity (Wildman–Crippen MR) is 60.4 cm³/mol. The fraction of sp³-hybridized carbons (Fsp3) is 0.154. The van der Waals surface area contributed by atoms with Crippen LogP contribution in [-0.4, -0.2) is 12.1 Å². The zero-order valence-electron chi connectivity index (χ0n) is 9.01. The number of pyridine rings is 1. The second kappa shape index (κ2) is 5.16. The average molecular weight is 214 g/mol. The van der Waals surface area contributed by atoms with Crippen molar-refractivity contribution < 1.29 is 9.47 Å². The Labute approximate surface area is 94.7 Å². The van der Waals surface area contributed by atoms with Crippen molar-refractivity contribution in [2.75, 3.05) is 7.11 Å². The maximum absolute atomic E-state index is 5.55. The molecule has 1 radical (unpaired) electrons.